The van der Waals surface area contributed by atoms with Gasteiger partial charge in [-0.3, -0.25) is 4.79 Å². The number of rotatable bonds is 2. The van der Waals surface area contributed by atoms with Gasteiger partial charge in [0.05, 0.1) is 0 Å². The molecular formula is C13H15NO. The first-order valence-electron chi connectivity index (χ1n) is 4.83. The summed E-state index contributed by atoms with van der Waals surface area (Å²) in [6.07, 6.45) is 0. The van der Waals surface area contributed by atoms with Gasteiger partial charge in [0.1, 0.15) is 0 Å². The van der Waals surface area contributed by atoms with Crippen LogP contribution < -0.4 is 0 Å². The van der Waals surface area contributed by atoms with Crippen molar-refractivity contribution in [3.63, 3.8) is 0 Å². The van der Waals surface area contributed by atoms with E-state index in [0.717, 1.165) is 16.8 Å². The van der Waals surface area contributed by atoms with Gasteiger partial charge in [0, 0.05) is 11.3 Å². The zero-order chi connectivity index (χ0) is 11.4. The van der Waals surface area contributed by atoms with E-state index in [-0.39, 0.29) is 5.91 Å². The van der Waals surface area contributed by atoms with Gasteiger partial charge in [0.25, 0.3) is 5.91 Å². The van der Waals surface area contributed by atoms with E-state index < -0.39 is 0 Å². The highest BCUT2D eigenvalue weighted by atomic mass is 16.1. The zero-order valence-corrected chi connectivity index (χ0v) is 9.37. The van der Waals surface area contributed by atoms with Crippen molar-refractivity contribution in [1.82, 2.24) is 0 Å². The Balaban J connectivity index is 3.06. The molecule has 0 heterocycles. The van der Waals surface area contributed by atoms with Crippen LogP contribution in [0.4, 0.5) is 0 Å². The van der Waals surface area contributed by atoms with E-state index in [9.17, 15) is 4.79 Å². The summed E-state index contributed by atoms with van der Waals surface area (Å²) in [7, 11) is 0. The minimum atomic E-state index is -0.196. The van der Waals surface area contributed by atoms with Gasteiger partial charge >= 0.3 is 0 Å². The summed E-state index contributed by atoms with van der Waals surface area (Å²) in [6.45, 7) is 9.37. The molecule has 1 aromatic carbocycles. The fourth-order valence-corrected chi connectivity index (χ4v) is 1.19. The molecule has 0 aliphatic heterocycles. The SMILES string of the molecule is C=C(C)c1cccc(C(=O)N=C(C)C)c1. The highest BCUT2D eigenvalue weighted by Gasteiger charge is 2.04. The minimum Gasteiger partial charge on any atom is -0.267 e. The number of aliphatic imine (C=N–C) groups is 1. The summed E-state index contributed by atoms with van der Waals surface area (Å²) in [5.41, 5.74) is 3.30. The molecular weight excluding hydrogens is 186 g/mol. The second-order valence-corrected chi connectivity index (χ2v) is 3.73. The van der Waals surface area contributed by atoms with Gasteiger partial charge in [-0.2, -0.15) is 0 Å². The van der Waals surface area contributed by atoms with Crippen molar-refractivity contribution in [2.75, 3.05) is 0 Å². The highest BCUT2D eigenvalue weighted by Crippen LogP contribution is 2.13. The Morgan fingerprint density at radius 3 is 2.33 bits per heavy atom. The first-order valence-corrected chi connectivity index (χ1v) is 4.83. The number of carbonyl (C=O) groups is 1. The van der Waals surface area contributed by atoms with E-state index in [4.69, 9.17) is 0 Å². The molecule has 1 aromatic rings. The summed E-state index contributed by atoms with van der Waals surface area (Å²) in [4.78, 5) is 15.5. The van der Waals surface area contributed by atoms with Gasteiger partial charge in [0.2, 0.25) is 0 Å². The van der Waals surface area contributed by atoms with Crippen LogP contribution in [0.25, 0.3) is 5.57 Å². The molecule has 0 radical (unpaired) electrons. The second-order valence-electron chi connectivity index (χ2n) is 3.73. The van der Waals surface area contributed by atoms with Gasteiger partial charge in [0.15, 0.2) is 0 Å². The summed E-state index contributed by atoms with van der Waals surface area (Å²) in [6, 6.07) is 7.36. The van der Waals surface area contributed by atoms with E-state index in [1.165, 1.54) is 0 Å². The average molecular weight is 201 g/mol. The molecule has 0 atom stereocenters. The van der Waals surface area contributed by atoms with Crippen molar-refractivity contribution in [3.05, 3.63) is 42.0 Å². The Bertz CT molecular complexity index is 426. The number of carbonyl (C=O) groups excluding carboxylic acids is 1. The molecule has 0 aliphatic carbocycles. The molecule has 0 bridgehead atoms. The van der Waals surface area contributed by atoms with Crippen LogP contribution in [0.1, 0.15) is 36.7 Å². The second kappa shape index (κ2) is 4.69. The lowest BCUT2D eigenvalue weighted by atomic mass is 10.1. The molecule has 2 nitrogen and oxygen atoms in total. The molecule has 0 fully saturated rings. The van der Waals surface area contributed by atoms with Gasteiger partial charge in [-0.05, 0) is 38.5 Å². The Labute approximate surface area is 90.4 Å². The van der Waals surface area contributed by atoms with Crippen LogP contribution in [0.5, 0.6) is 0 Å². The summed E-state index contributed by atoms with van der Waals surface area (Å²) in [5, 5.41) is 0. The van der Waals surface area contributed by atoms with Crippen molar-refractivity contribution in [2.45, 2.75) is 20.8 Å². The maximum Gasteiger partial charge on any atom is 0.276 e. The molecule has 78 valence electrons. The molecule has 2 heteroatoms. The lowest BCUT2D eigenvalue weighted by molar-refractivity contribution is 0.100. The summed E-state index contributed by atoms with van der Waals surface area (Å²) in [5.74, 6) is -0.196. The molecule has 15 heavy (non-hydrogen) atoms. The monoisotopic (exact) mass is 201 g/mol. The predicted molar refractivity (Wildman–Crippen MR) is 64.3 cm³/mol. The number of nitrogens with zero attached hydrogens (tertiary/aromatic N) is 1. The Kier molecular flexibility index (Phi) is 3.56. The summed E-state index contributed by atoms with van der Waals surface area (Å²) < 4.78 is 0. The maximum absolute atomic E-state index is 11.6. The lowest BCUT2D eigenvalue weighted by Gasteiger charge is -2.01. The van der Waals surface area contributed by atoms with E-state index in [1.807, 2.05) is 25.1 Å². The topological polar surface area (TPSA) is 29.4 Å². The third kappa shape index (κ3) is 3.17. The van der Waals surface area contributed by atoms with Crippen molar-refractivity contribution in [3.8, 4) is 0 Å². The normalized spacial score (nSPS) is 9.53. The Morgan fingerprint density at radius 1 is 1.20 bits per heavy atom. The smallest absolute Gasteiger partial charge is 0.267 e. The third-order valence-corrected chi connectivity index (χ3v) is 1.93. The molecule has 0 spiro atoms. The Hall–Kier alpha value is -1.70. The minimum absolute atomic E-state index is 0.196. The molecule has 1 amide bonds. The van der Waals surface area contributed by atoms with E-state index in [1.54, 1.807) is 19.9 Å². The van der Waals surface area contributed by atoms with Crippen LogP contribution in [0.2, 0.25) is 0 Å². The van der Waals surface area contributed by atoms with Crippen molar-refractivity contribution in [1.29, 1.82) is 0 Å². The van der Waals surface area contributed by atoms with Crippen LogP contribution in [0.15, 0.2) is 35.8 Å². The number of hydrogen-bond donors (Lipinski definition) is 0. The number of benzene rings is 1. The van der Waals surface area contributed by atoms with Crippen molar-refractivity contribution >= 4 is 17.2 Å². The van der Waals surface area contributed by atoms with Crippen molar-refractivity contribution < 1.29 is 4.79 Å². The molecule has 0 aromatic heterocycles. The fourth-order valence-electron chi connectivity index (χ4n) is 1.19. The number of amides is 1. The fraction of sp³-hybridized carbons (Fsp3) is 0.231. The maximum atomic E-state index is 11.6. The van der Waals surface area contributed by atoms with Gasteiger partial charge in [-0.25, -0.2) is 4.99 Å². The van der Waals surface area contributed by atoms with Crippen molar-refractivity contribution in [2.24, 2.45) is 4.99 Å². The third-order valence-electron chi connectivity index (χ3n) is 1.93. The number of hydrogen-bond acceptors (Lipinski definition) is 1. The Morgan fingerprint density at radius 2 is 1.80 bits per heavy atom. The van der Waals surface area contributed by atoms with Crippen LogP contribution in [-0.2, 0) is 0 Å². The molecule has 1 rings (SSSR count). The van der Waals surface area contributed by atoms with Crippen LogP contribution in [0, 0.1) is 0 Å². The first kappa shape index (κ1) is 11.4. The number of allylic oxidation sites excluding steroid dienone is 1. The van der Waals surface area contributed by atoms with Crippen LogP contribution >= 0.6 is 0 Å². The standard InChI is InChI=1S/C13H15NO/c1-9(2)11-6-5-7-12(8-11)13(15)14-10(3)4/h5-8H,1H2,2-4H3. The van der Waals surface area contributed by atoms with E-state index >= 15 is 0 Å². The molecule has 0 unspecified atom stereocenters. The van der Waals surface area contributed by atoms with Crippen LogP contribution in [0.3, 0.4) is 0 Å². The predicted octanol–water partition coefficient (Wildman–Crippen LogP) is 3.34. The van der Waals surface area contributed by atoms with Crippen LogP contribution in [-0.4, -0.2) is 11.6 Å². The molecule has 0 saturated carbocycles. The largest absolute Gasteiger partial charge is 0.276 e. The molecule has 0 aliphatic rings. The van der Waals surface area contributed by atoms with Gasteiger partial charge in [-0.15, -0.1) is 0 Å². The highest BCUT2D eigenvalue weighted by molar-refractivity contribution is 6.02. The van der Waals surface area contributed by atoms with E-state index in [2.05, 4.69) is 11.6 Å². The zero-order valence-electron chi connectivity index (χ0n) is 9.37. The molecule has 0 saturated heterocycles. The average Bonchev–Trinajstić information content (AvgIpc) is 2.17. The van der Waals surface area contributed by atoms with Gasteiger partial charge < -0.3 is 0 Å². The quantitative estimate of drug-likeness (QED) is 0.675. The summed E-state index contributed by atoms with van der Waals surface area (Å²) >= 11 is 0. The first-order chi connectivity index (χ1) is 7.00. The molecule has 0 N–H and O–H groups in total. The lowest BCUT2D eigenvalue weighted by Crippen LogP contribution is -1.98. The van der Waals surface area contributed by atoms with E-state index in [0.29, 0.717) is 5.56 Å². The van der Waals surface area contributed by atoms with Gasteiger partial charge in [-0.1, -0.05) is 24.3 Å².